The highest BCUT2D eigenvalue weighted by atomic mass is 19.1. The van der Waals surface area contributed by atoms with Gasteiger partial charge in [-0.25, -0.2) is 9.18 Å². The number of carboxylic acids is 1. The number of nitrogens with zero attached hydrogens (tertiary/aromatic N) is 2. The molecule has 0 fully saturated rings. The summed E-state index contributed by atoms with van der Waals surface area (Å²) in [4.78, 5) is 21.6. The van der Waals surface area contributed by atoms with Gasteiger partial charge < -0.3 is 9.84 Å². The predicted octanol–water partition coefficient (Wildman–Crippen LogP) is 1.65. The Labute approximate surface area is 113 Å². The first-order valence-electron chi connectivity index (χ1n) is 5.64. The third kappa shape index (κ3) is 2.82. The van der Waals surface area contributed by atoms with Crippen LogP contribution in [0.1, 0.15) is 26.4 Å². The third-order valence-corrected chi connectivity index (χ3v) is 2.70. The van der Waals surface area contributed by atoms with Crippen molar-refractivity contribution in [3.63, 3.8) is 0 Å². The van der Waals surface area contributed by atoms with Crippen LogP contribution >= 0.6 is 0 Å². The summed E-state index contributed by atoms with van der Waals surface area (Å²) in [7, 11) is 1.58. The maximum absolute atomic E-state index is 13.2. The summed E-state index contributed by atoms with van der Waals surface area (Å²) in [5, 5.41) is 12.8. The van der Waals surface area contributed by atoms with Gasteiger partial charge in [0, 0.05) is 18.7 Å². The Morgan fingerprint density at radius 3 is 2.90 bits per heavy atom. The number of aldehydes is 1. The first kappa shape index (κ1) is 13.7. The van der Waals surface area contributed by atoms with Crippen LogP contribution in [-0.2, 0) is 13.7 Å². The fourth-order valence-corrected chi connectivity index (χ4v) is 1.70. The number of carboxylic acid groups (broad SMARTS) is 1. The molecule has 0 radical (unpaired) electrons. The molecule has 1 heterocycles. The molecule has 0 atom stereocenters. The Morgan fingerprint density at radius 2 is 2.25 bits per heavy atom. The summed E-state index contributed by atoms with van der Waals surface area (Å²) in [6, 6.07) is 3.56. The van der Waals surface area contributed by atoms with Gasteiger partial charge >= 0.3 is 5.97 Å². The Balaban J connectivity index is 2.21. The quantitative estimate of drug-likeness (QED) is 0.841. The molecule has 0 saturated heterocycles. The third-order valence-electron chi connectivity index (χ3n) is 2.70. The number of aromatic nitrogens is 2. The summed E-state index contributed by atoms with van der Waals surface area (Å²) in [5.41, 5.74) is 0.498. The highest BCUT2D eigenvalue weighted by molar-refractivity contribution is 5.88. The van der Waals surface area contributed by atoms with E-state index in [2.05, 4.69) is 5.10 Å². The van der Waals surface area contributed by atoms with Crippen molar-refractivity contribution in [2.75, 3.05) is 0 Å². The number of ether oxygens (including phenoxy) is 1. The normalized spacial score (nSPS) is 10.3. The zero-order chi connectivity index (χ0) is 14.7. The Kier molecular flexibility index (Phi) is 3.79. The van der Waals surface area contributed by atoms with Crippen LogP contribution in [0, 0.1) is 5.82 Å². The average Bonchev–Trinajstić information content (AvgIpc) is 2.77. The van der Waals surface area contributed by atoms with E-state index in [-0.39, 0.29) is 23.5 Å². The van der Waals surface area contributed by atoms with Crippen molar-refractivity contribution < 1.29 is 23.8 Å². The lowest BCUT2D eigenvalue weighted by Crippen LogP contribution is -2.08. The molecule has 0 saturated carbocycles. The molecule has 1 aromatic heterocycles. The Morgan fingerprint density at radius 1 is 1.50 bits per heavy atom. The van der Waals surface area contributed by atoms with E-state index in [4.69, 9.17) is 9.84 Å². The molecule has 104 valence electrons. The van der Waals surface area contributed by atoms with Crippen molar-refractivity contribution in [2.45, 2.75) is 6.61 Å². The van der Waals surface area contributed by atoms with Gasteiger partial charge in [0.15, 0.2) is 0 Å². The van der Waals surface area contributed by atoms with E-state index in [9.17, 15) is 14.0 Å². The number of aryl methyl sites for hydroxylation is 1. The van der Waals surface area contributed by atoms with E-state index in [1.165, 1.54) is 16.9 Å². The Bertz CT molecular complexity index is 666. The summed E-state index contributed by atoms with van der Waals surface area (Å²) < 4.78 is 19.9. The fraction of sp³-hybridized carbons (Fsp3) is 0.154. The van der Waals surface area contributed by atoms with E-state index in [0.29, 0.717) is 12.0 Å². The minimum Gasteiger partial charge on any atom is -0.487 e. The summed E-state index contributed by atoms with van der Waals surface area (Å²) >= 11 is 0. The highest BCUT2D eigenvalue weighted by Gasteiger charge is 2.15. The van der Waals surface area contributed by atoms with Gasteiger partial charge in [0.1, 0.15) is 30.0 Å². The monoisotopic (exact) mass is 278 g/mol. The molecule has 1 aromatic carbocycles. The molecule has 0 unspecified atom stereocenters. The molecule has 0 bridgehead atoms. The lowest BCUT2D eigenvalue weighted by molar-refractivity contribution is 0.0693. The maximum Gasteiger partial charge on any atom is 0.339 e. The number of hydrogen-bond acceptors (Lipinski definition) is 4. The molecule has 0 aliphatic heterocycles. The van der Waals surface area contributed by atoms with Gasteiger partial charge in [0.05, 0.1) is 11.9 Å². The molecule has 1 N–H and O–H groups in total. The Hall–Kier alpha value is -2.70. The second-order valence-corrected chi connectivity index (χ2v) is 4.06. The number of rotatable bonds is 5. The molecule has 20 heavy (non-hydrogen) atoms. The minimum atomic E-state index is -1.12. The molecule has 2 aromatic rings. The van der Waals surface area contributed by atoms with Crippen molar-refractivity contribution in [2.24, 2.45) is 7.05 Å². The summed E-state index contributed by atoms with van der Waals surface area (Å²) in [6.07, 6.45) is 1.71. The highest BCUT2D eigenvalue weighted by Crippen LogP contribution is 2.18. The molecule has 0 aliphatic rings. The molecule has 0 spiro atoms. The summed E-state index contributed by atoms with van der Waals surface area (Å²) in [5.74, 6) is -1.58. The lowest BCUT2D eigenvalue weighted by atomic mass is 10.2. The van der Waals surface area contributed by atoms with Gasteiger partial charge in [-0.05, 0) is 12.1 Å². The van der Waals surface area contributed by atoms with Gasteiger partial charge in [0.25, 0.3) is 0 Å². The van der Waals surface area contributed by atoms with E-state index < -0.39 is 11.8 Å². The van der Waals surface area contributed by atoms with Crippen LogP contribution in [0.4, 0.5) is 4.39 Å². The molecule has 6 nitrogen and oxygen atoms in total. The summed E-state index contributed by atoms with van der Waals surface area (Å²) in [6.45, 7) is -0.0973. The van der Waals surface area contributed by atoms with Crippen molar-refractivity contribution in [1.29, 1.82) is 0 Å². The zero-order valence-corrected chi connectivity index (χ0v) is 10.5. The van der Waals surface area contributed by atoms with Crippen LogP contribution in [0.15, 0.2) is 24.4 Å². The second-order valence-electron chi connectivity index (χ2n) is 4.06. The largest absolute Gasteiger partial charge is 0.487 e. The van der Waals surface area contributed by atoms with Crippen LogP contribution in [0.25, 0.3) is 0 Å². The smallest absolute Gasteiger partial charge is 0.339 e. The fourth-order valence-electron chi connectivity index (χ4n) is 1.70. The van der Waals surface area contributed by atoms with Crippen molar-refractivity contribution in [3.05, 3.63) is 47.0 Å². The van der Waals surface area contributed by atoms with E-state index >= 15 is 0 Å². The molecule has 0 aliphatic carbocycles. The number of aromatic carboxylic acids is 1. The molecule has 0 amide bonds. The van der Waals surface area contributed by atoms with Gasteiger partial charge in [-0.15, -0.1) is 0 Å². The number of benzene rings is 1. The maximum atomic E-state index is 13.2. The number of hydrogen-bond donors (Lipinski definition) is 1. The van der Waals surface area contributed by atoms with Gasteiger partial charge in [-0.1, -0.05) is 0 Å². The van der Waals surface area contributed by atoms with Crippen LogP contribution in [0.2, 0.25) is 0 Å². The van der Waals surface area contributed by atoms with Gasteiger partial charge in [-0.3, -0.25) is 9.48 Å². The van der Waals surface area contributed by atoms with Crippen molar-refractivity contribution in [3.8, 4) is 5.75 Å². The van der Waals surface area contributed by atoms with Crippen LogP contribution < -0.4 is 4.74 Å². The van der Waals surface area contributed by atoms with E-state index in [1.54, 1.807) is 7.05 Å². The van der Waals surface area contributed by atoms with Gasteiger partial charge in [-0.2, -0.15) is 5.10 Å². The number of carbonyl (C=O) groups is 2. The van der Waals surface area contributed by atoms with Crippen LogP contribution in [-0.4, -0.2) is 27.1 Å². The van der Waals surface area contributed by atoms with Crippen LogP contribution in [0.3, 0.4) is 0 Å². The minimum absolute atomic E-state index is 0.0134. The second kappa shape index (κ2) is 5.52. The SMILES string of the molecule is Cn1ncc(C(=O)O)c1COc1cc(F)cc(C=O)c1. The lowest BCUT2D eigenvalue weighted by Gasteiger charge is -2.08. The molecule has 7 heteroatoms. The van der Waals surface area contributed by atoms with Crippen molar-refractivity contribution in [1.82, 2.24) is 9.78 Å². The van der Waals surface area contributed by atoms with Crippen molar-refractivity contribution >= 4 is 12.3 Å². The first-order valence-corrected chi connectivity index (χ1v) is 5.64. The predicted molar refractivity (Wildman–Crippen MR) is 66.3 cm³/mol. The van der Waals surface area contributed by atoms with Crippen LogP contribution in [0.5, 0.6) is 5.75 Å². The molecule has 2 rings (SSSR count). The molecular formula is C13H11FN2O4. The first-order chi connectivity index (χ1) is 9.51. The topological polar surface area (TPSA) is 81.4 Å². The average molecular weight is 278 g/mol. The number of halogens is 1. The zero-order valence-electron chi connectivity index (χ0n) is 10.5. The van der Waals surface area contributed by atoms with E-state index in [1.807, 2.05) is 0 Å². The van der Waals surface area contributed by atoms with Gasteiger partial charge in [0.2, 0.25) is 0 Å². The molecular weight excluding hydrogens is 267 g/mol. The van der Waals surface area contributed by atoms with E-state index in [0.717, 1.165) is 12.1 Å². The number of carbonyl (C=O) groups excluding carboxylic acids is 1. The standard InChI is InChI=1S/C13H11FN2O4/c1-16-12(11(5-15-16)13(18)19)7-20-10-3-8(6-17)2-9(14)4-10/h2-6H,7H2,1H3,(H,18,19).